The number of aromatic nitrogens is 1. The number of hydrogen-bond acceptors (Lipinski definition) is 4. The minimum absolute atomic E-state index is 0.251. The van der Waals surface area contributed by atoms with E-state index in [0.717, 1.165) is 0 Å². The van der Waals surface area contributed by atoms with Crippen LogP contribution in [0.25, 0.3) is 0 Å². The van der Waals surface area contributed by atoms with Crippen molar-refractivity contribution < 1.29 is 9.47 Å². The molecule has 92 valence electrons. The highest BCUT2D eigenvalue weighted by Crippen LogP contribution is 2.25. The van der Waals surface area contributed by atoms with Gasteiger partial charge in [0.2, 0.25) is 5.88 Å². The predicted octanol–water partition coefficient (Wildman–Crippen LogP) is 2.80. The molecular weight excluding hydrogens is 240 g/mol. The summed E-state index contributed by atoms with van der Waals surface area (Å²) in [6, 6.07) is 3.53. The van der Waals surface area contributed by atoms with E-state index >= 15 is 0 Å². The Morgan fingerprint density at radius 3 is 2.82 bits per heavy atom. The molecule has 0 spiro atoms. The summed E-state index contributed by atoms with van der Waals surface area (Å²) in [4.78, 5) is 3.99. The molecule has 4 nitrogen and oxygen atoms in total. The zero-order valence-electron chi connectivity index (χ0n) is 10.2. The van der Waals surface area contributed by atoms with Gasteiger partial charge >= 0.3 is 0 Å². The Kier molecular flexibility index (Phi) is 4.73. The fraction of sp³-hybridized carbons (Fsp3) is 0.500. The van der Waals surface area contributed by atoms with Gasteiger partial charge in [0, 0.05) is 19.7 Å². The van der Waals surface area contributed by atoms with Gasteiger partial charge in [0.15, 0.2) is 0 Å². The number of hydrogen-bond donors (Lipinski definition) is 0. The van der Waals surface area contributed by atoms with Crippen LogP contribution in [0.3, 0.4) is 0 Å². The molecule has 0 unspecified atom stereocenters. The van der Waals surface area contributed by atoms with Gasteiger partial charge in [-0.15, -0.1) is 0 Å². The van der Waals surface area contributed by atoms with Gasteiger partial charge in [0.1, 0.15) is 11.1 Å². The fourth-order valence-corrected chi connectivity index (χ4v) is 1.32. The molecule has 0 saturated heterocycles. The first kappa shape index (κ1) is 13.8. The minimum atomic E-state index is -0.251. The summed E-state index contributed by atoms with van der Waals surface area (Å²) < 4.78 is 10.7. The quantitative estimate of drug-likeness (QED) is 0.811. The van der Waals surface area contributed by atoms with Crippen molar-refractivity contribution in [1.29, 1.82) is 5.26 Å². The Morgan fingerprint density at radius 1 is 1.53 bits per heavy atom. The summed E-state index contributed by atoms with van der Waals surface area (Å²) >= 11 is 5.95. The highest BCUT2D eigenvalue weighted by Gasteiger charge is 2.17. The Labute approximate surface area is 106 Å². The molecule has 5 heteroatoms. The van der Waals surface area contributed by atoms with E-state index in [2.05, 4.69) is 4.98 Å². The number of pyridine rings is 1. The van der Waals surface area contributed by atoms with E-state index < -0.39 is 0 Å². The molecule has 1 aromatic heterocycles. The van der Waals surface area contributed by atoms with Crippen LogP contribution in [0.4, 0.5) is 0 Å². The third-order valence-electron chi connectivity index (χ3n) is 2.47. The molecular formula is C12H15ClN2O2. The lowest BCUT2D eigenvalue weighted by molar-refractivity contribution is 0.00509. The Bertz CT molecular complexity index is 427. The van der Waals surface area contributed by atoms with Gasteiger partial charge in [-0.2, -0.15) is 5.26 Å². The molecule has 0 aliphatic rings. The van der Waals surface area contributed by atoms with E-state index in [1.54, 1.807) is 13.2 Å². The van der Waals surface area contributed by atoms with Crippen molar-refractivity contribution in [3.05, 3.63) is 22.8 Å². The van der Waals surface area contributed by atoms with Crippen LogP contribution < -0.4 is 4.74 Å². The van der Waals surface area contributed by atoms with E-state index in [9.17, 15) is 0 Å². The summed E-state index contributed by atoms with van der Waals surface area (Å²) in [5, 5.41) is 9.05. The van der Waals surface area contributed by atoms with E-state index in [4.69, 9.17) is 26.3 Å². The maximum atomic E-state index is 8.80. The average molecular weight is 255 g/mol. The van der Waals surface area contributed by atoms with Crippen LogP contribution in [-0.4, -0.2) is 24.3 Å². The molecule has 0 aliphatic carbocycles. The lowest BCUT2D eigenvalue weighted by Crippen LogP contribution is -2.25. The summed E-state index contributed by atoms with van der Waals surface area (Å²) in [6.07, 6.45) is 2.21. The first-order valence-corrected chi connectivity index (χ1v) is 5.60. The van der Waals surface area contributed by atoms with Crippen molar-refractivity contribution in [3.8, 4) is 11.9 Å². The van der Waals surface area contributed by atoms with Gasteiger partial charge < -0.3 is 9.47 Å². The zero-order valence-corrected chi connectivity index (χ0v) is 10.9. The Morgan fingerprint density at radius 2 is 2.24 bits per heavy atom. The van der Waals surface area contributed by atoms with Crippen molar-refractivity contribution >= 4 is 11.6 Å². The van der Waals surface area contributed by atoms with Crippen molar-refractivity contribution in [2.75, 3.05) is 13.7 Å². The van der Waals surface area contributed by atoms with E-state index in [1.807, 2.05) is 19.9 Å². The van der Waals surface area contributed by atoms with Crippen LogP contribution in [0.1, 0.15) is 25.8 Å². The Hall–Kier alpha value is -1.31. The second-order valence-corrected chi connectivity index (χ2v) is 4.53. The molecule has 0 fully saturated rings. The van der Waals surface area contributed by atoms with Gasteiger partial charge in [-0.05, 0) is 19.9 Å². The zero-order chi connectivity index (χ0) is 12.9. The number of methoxy groups -OCH3 is 1. The van der Waals surface area contributed by atoms with Crippen LogP contribution in [0, 0.1) is 11.3 Å². The maximum absolute atomic E-state index is 8.80. The monoisotopic (exact) mass is 254 g/mol. The molecule has 0 N–H and O–H groups in total. The van der Waals surface area contributed by atoms with E-state index in [-0.39, 0.29) is 16.5 Å². The standard InChI is InChI=1S/C12H15ClN2O2/c1-12(2,16-3)5-7-17-11-10(13)9(8-14)4-6-15-11/h4,6H,5,7H2,1-3H3. The number of rotatable bonds is 5. The number of nitrogens with zero attached hydrogens (tertiary/aromatic N) is 2. The van der Waals surface area contributed by atoms with E-state index in [1.165, 1.54) is 6.20 Å². The summed E-state index contributed by atoms with van der Waals surface area (Å²) in [5.74, 6) is 0.289. The van der Waals surface area contributed by atoms with Crippen molar-refractivity contribution in [2.24, 2.45) is 0 Å². The van der Waals surface area contributed by atoms with Crippen molar-refractivity contribution in [3.63, 3.8) is 0 Å². The van der Waals surface area contributed by atoms with Crippen LogP contribution >= 0.6 is 11.6 Å². The molecule has 0 aliphatic heterocycles. The molecule has 0 amide bonds. The van der Waals surface area contributed by atoms with Gasteiger partial charge in [-0.25, -0.2) is 4.98 Å². The summed E-state index contributed by atoms with van der Waals surface area (Å²) in [6.45, 7) is 4.37. The lowest BCUT2D eigenvalue weighted by atomic mass is 10.1. The Balaban J connectivity index is 2.62. The number of ether oxygens (including phenoxy) is 2. The molecule has 1 rings (SSSR count). The van der Waals surface area contributed by atoms with E-state index in [0.29, 0.717) is 18.6 Å². The number of halogens is 1. The van der Waals surface area contributed by atoms with Gasteiger partial charge in [-0.1, -0.05) is 11.6 Å². The molecule has 17 heavy (non-hydrogen) atoms. The molecule has 1 aromatic rings. The highest BCUT2D eigenvalue weighted by atomic mass is 35.5. The first-order chi connectivity index (χ1) is 8.00. The largest absolute Gasteiger partial charge is 0.476 e. The molecule has 0 saturated carbocycles. The minimum Gasteiger partial charge on any atom is -0.476 e. The second-order valence-electron chi connectivity index (χ2n) is 4.15. The smallest absolute Gasteiger partial charge is 0.233 e. The van der Waals surface area contributed by atoms with Crippen LogP contribution in [0.15, 0.2) is 12.3 Å². The van der Waals surface area contributed by atoms with Crippen LogP contribution in [0.2, 0.25) is 5.02 Å². The molecule has 0 bridgehead atoms. The molecule has 1 heterocycles. The topological polar surface area (TPSA) is 55.1 Å². The molecule has 0 aromatic carbocycles. The van der Waals surface area contributed by atoms with Crippen molar-refractivity contribution in [1.82, 2.24) is 4.98 Å². The highest BCUT2D eigenvalue weighted by molar-refractivity contribution is 6.32. The molecule has 0 atom stereocenters. The van der Waals surface area contributed by atoms with Gasteiger partial charge in [-0.3, -0.25) is 0 Å². The van der Waals surface area contributed by atoms with Gasteiger partial charge in [0.25, 0.3) is 0 Å². The normalized spacial score (nSPS) is 11.0. The summed E-state index contributed by atoms with van der Waals surface area (Å²) in [7, 11) is 1.65. The second kappa shape index (κ2) is 5.85. The third-order valence-corrected chi connectivity index (χ3v) is 2.84. The van der Waals surface area contributed by atoms with Crippen LogP contribution in [-0.2, 0) is 4.74 Å². The fourth-order valence-electron chi connectivity index (χ4n) is 1.11. The van der Waals surface area contributed by atoms with Gasteiger partial charge in [0.05, 0.1) is 17.8 Å². The first-order valence-electron chi connectivity index (χ1n) is 5.23. The third kappa shape index (κ3) is 3.88. The predicted molar refractivity (Wildman–Crippen MR) is 65.2 cm³/mol. The number of nitriles is 1. The summed E-state index contributed by atoms with van der Waals surface area (Å²) in [5.41, 5.74) is 0.113. The SMILES string of the molecule is COC(C)(C)CCOc1nccc(C#N)c1Cl. The van der Waals surface area contributed by atoms with Crippen LogP contribution in [0.5, 0.6) is 5.88 Å². The average Bonchev–Trinajstić information content (AvgIpc) is 2.31. The lowest BCUT2D eigenvalue weighted by Gasteiger charge is -2.22. The maximum Gasteiger partial charge on any atom is 0.233 e. The van der Waals surface area contributed by atoms with Crippen molar-refractivity contribution in [2.45, 2.75) is 25.9 Å². The molecule has 0 radical (unpaired) electrons.